The Hall–Kier alpha value is -1.33. The summed E-state index contributed by atoms with van der Waals surface area (Å²) in [5.41, 5.74) is 7.27. The first-order valence-electron chi connectivity index (χ1n) is 6.49. The van der Waals surface area contributed by atoms with Gasteiger partial charge < -0.3 is 10.3 Å². The third-order valence-corrected chi connectivity index (χ3v) is 3.84. The van der Waals surface area contributed by atoms with Crippen LogP contribution in [0.5, 0.6) is 0 Å². The van der Waals surface area contributed by atoms with Gasteiger partial charge in [-0.05, 0) is 24.2 Å². The Bertz CT molecular complexity index is 486. The van der Waals surface area contributed by atoms with Crippen LogP contribution in [0.3, 0.4) is 0 Å². The second-order valence-corrected chi connectivity index (χ2v) is 5.50. The maximum absolute atomic E-state index is 6.09. The fraction of sp³-hybridized carbons (Fsp3) is 0.429. The molecule has 0 unspecified atom stereocenters. The van der Waals surface area contributed by atoms with Crippen LogP contribution in [0, 0.1) is 0 Å². The van der Waals surface area contributed by atoms with Crippen LogP contribution in [-0.2, 0) is 12.2 Å². The van der Waals surface area contributed by atoms with E-state index in [2.05, 4.69) is 17.1 Å². The van der Waals surface area contributed by atoms with E-state index in [1.807, 2.05) is 42.1 Å². The van der Waals surface area contributed by atoms with Crippen molar-refractivity contribution in [3.8, 4) is 0 Å². The van der Waals surface area contributed by atoms with Gasteiger partial charge in [0.2, 0.25) is 5.89 Å². The van der Waals surface area contributed by atoms with Crippen molar-refractivity contribution in [2.24, 2.45) is 5.73 Å². The molecule has 2 N–H and O–H groups in total. The number of benzene rings is 1. The van der Waals surface area contributed by atoms with Crippen LogP contribution in [0.4, 0.5) is 0 Å². The van der Waals surface area contributed by atoms with Gasteiger partial charge in [0.15, 0.2) is 5.82 Å². The van der Waals surface area contributed by atoms with Crippen LogP contribution >= 0.6 is 11.8 Å². The molecule has 0 spiro atoms. The smallest absolute Gasteiger partial charge is 0.243 e. The average Bonchev–Trinajstić information content (AvgIpc) is 2.89. The molecule has 1 atom stereocenters. The van der Waals surface area contributed by atoms with Crippen molar-refractivity contribution in [2.75, 3.05) is 5.75 Å². The molecule has 0 aliphatic rings. The van der Waals surface area contributed by atoms with Crippen molar-refractivity contribution in [1.29, 1.82) is 0 Å². The first kappa shape index (κ1) is 14.1. The molecule has 0 bridgehead atoms. The highest BCUT2D eigenvalue weighted by atomic mass is 32.2. The predicted molar refractivity (Wildman–Crippen MR) is 77.8 cm³/mol. The molecule has 102 valence electrons. The molecule has 5 heteroatoms. The molecule has 0 radical (unpaired) electrons. The second-order valence-electron chi connectivity index (χ2n) is 4.40. The van der Waals surface area contributed by atoms with E-state index in [9.17, 15) is 0 Å². The minimum absolute atomic E-state index is 0.236. The first-order chi connectivity index (χ1) is 9.29. The quantitative estimate of drug-likeness (QED) is 0.788. The van der Waals surface area contributed by atoms with Gasteiger partial charge in [0, 0.05) is 0 Å². The molecule has 4 nitrogen and oxygen atoms in total. The van der Waals surface area contributed by atoms with E-state index in [1.54, 1.807) is 0 Å². The van der Waals surface area contributed by atoms with Crippen LogP contribution in [0.25, 0.3) is 0 Å². The number of aromatic nitrogens is 2. The van der Waals surface area contributed by atoms with Gasteiger partial charge in [-0.15, -0.1) is 0 Å². The van der Waals surface area contributed by atoms with Crippen molar-refractivity contribution in [2.45, 2.75) is 31.6 Å². The maximum Gasteiger partial charge on any atom is 0.243 e. The molecule has 0 aliphatic heterocycles. The summed E-state index contributed by atoms with van der Waals surface area (Å²) in [5, 5.41) is 3.96. The van der Waals surface area contributed by atoms with Gasteiger partial charge >= 0.3 is 0 Å². The number of hydrogen-bond donors (Lipinski definition) is 1. The lowest BCUT2D eigenvalue weighted by molar-refractivity contribution is 0.351. The van der Waals surface area contributed by atoms with Crippen LogP contribution in [0.15, 0.2) is 34.9 Å². The Morgan fingerprint density at radius 3 is 2.84 bits per heavy atom. The lowest BCUT2D eigenvalue weighted by atomic mass is 10.1. The molecule has 0 saturated carbocycles. The van der Waals surface area contributed by atoms with Crippen LogP contribution in [0.2, 0.25) is 0 Å². The summed E-state index contributed by atoms with van der Waals surface area (Å²) < 4.78 is 5.23. The average molecular weight is 277 g/mol. The SMILES string of the molecule is CCCSCc1noc([C@@H](N)Cc2ccccc2)n1. The summed E-state index contributed by atoms with van der Waals surface area (Å²) in [6.45, 7) is 2.16. The summed E-state index contributed by atoms with van der Waals surface area (Å²) >= 11 is 1.81. The van der Waals surface area contributed by atoms with Gasteiger partial charge in [-0.25, -0.2) is 0 Å². The molecule has 2 aromatic rings. The summed E-state index contributed by atoms with van der Waals surface area (Å²) in [4.78, 5) is 4.35. The molecule has 0 saturated heterocycles. The predicted octanol–water partition coefficient (Wildman–Crippen LogP) is 2.96. The highest BCUT2D eigenvalue weighted by Gasteiger charge is 2.15. The van der Waals surface area contributed by atoms with Crippen molar-refractivity contribution < 1.29 is 4.52 Å². The number of rotatable bonds is 7. The topological polar surface area (TPSA) is 64.9 Å². The van der Waals surface area contributed by atoms with Crippen molar-refractivity contribution in [3.63, 3.8) is 0 Å². The fourth-order valence-corrected chi connectivity index (χ4v) is 2.47. The molecule has 0 aliphatic carbocycles. The highest BCUT2D eigenvalue weighted by molar-refractivity contribution is 7.98. The summed E-state index contributed by atoms with van der Waals surface area (Å²) in [5.74, 6) is 3.16. The molecule has 0 amide bonds. The van der Waals surface area contributed by atoms with E-state index < -0.39 is 0 Å². The van der Waals surface area contributed by atoms with E-state index in [0.29, 0.717) is 12.3 Å². The molecule has 1 aromatic carbocycles. The van der Waals surface area contributed by atoms with E-state index in [1.165, 1.54) is 5.56 Å². The van der Waals surface area contributed by atoms with E-state index >= 15 is 0 Å². The van der Waals surface area contributed by atoms with E-state index in [4.69, 9.17) is 10.3 Å². The molecule has 0 fully saturated rings. The first-order valence-corrected chi connectivity index (χ1v) is 7.64. The van der Waals surface area contributed by atoms with E-state index in [0.717, 1.165) is 23.8 Å². The Balaban J connectivity index is 1.90. The summed E-state index contributed by atoms with van der Waals surface area (Å²) in [6.07, 6.45) is 1.87. The van der Waals surface area contributed by atoms with Gasteiger partial charge in [-0.3, -0.25) is 0 Å². The Morgan fingerprint density at radius 1 is 1.32 bits per heavy atom. The van der Waals surface area contributed by atoms with Crippen LogP contribution in [0.1, 0.15) is 36.7 Å². The summed E-state index contributed by atoms with van der Waals surface area (Å²) in [7, 11) is 0. The Morgan fingerprint density at radius 2 is 2.11 bits per heavy atom. The molecular weight excluding hydrogens is 258 g/mol. The number of nitrogens with two attached hydrogens (primary N) is 1. The molecule has 1 heterocycles. The van der Waals surface area contributed by atoms with Crippen molar-refractivity contribution >= 4 is 11.8 Å². The highest BCUT2D eigenvalue weighted by Crippen LogP contribution is 2.16. The van der Waals surface area contributed by atoms with Gasteiger partial charge in [0.05, 0.1) is 11.8 Å². The largest absolute Gasteiger partial charge is 0.338 e. The molecule has 19 heavy (non-hydrogen) atoms. The van der Waals surface area contributed by atoms with Gasteiger partial charge in [-0.2, -0.15) is 16.7 Å². The van der Waals surface area contributed by atoms with Crippen LogP contribution in [-0.4, -0.2) is 15.9 Å². The van der Waals surface area contributed by atoms with Gasteiger partial charge in [-0.1, -0.05) is 42.4 Å². The van der Waals surface area contributed by atoms with E-state index in [-0.39, 0.29) is 6.04 Å². The maximum atomic E-state index is 6.09. The zero-order valence-electron chi connectivity index (χ0n) is 11.1. The summed E-state index contributed by atoms with van der Waals surface area (Å²) in [6, 6.07) is 9.86. The zero-order valence-corrected chi connectivity index (χ0v) is 11.9. The molecular formula is C14H19N3OS. The molecule has 1 aromatic heterocycles. The van der Waals surface area contributed by atoms with Crippen molar-refractivity contribution in [1.82, 2.24) is 10.1 Å². The number of nitrogens with zero attached hydrogens (tertiary/aromatic N) is 2. The third-order valence-electron chi connectivity index (χ3n) is 2.68. The monoisotopic (exact) mass is 277 g/mol. The fourth-order valence-electron chi connectivity index (χ4n) is 1.74. The van der Waals surface area contributed by atoms with Gasteiger partial charge in [0.25, 0.3) is 0 Å². The standard InChI is InChI=1S/C14H19N3OS/c1-2-8-19-10-13-16-14(18-17-13)12(15)9-11-6-4-3-5-7-11/h3-7,12H,2,8-10,15H2,1H3/t12-/m0/s1. The van der Waals surface area contributed by atoms with Crippen LogP contribution < -0.4 is 5.73 Å². The normalized spacial score (nSPS) is 12.5. The number of thioether (sulfide) groups is 1. The minimum Gasteiger partial charge on any atom is -0.338 e. The lowest BCUT2D eigenvalue weighted by Gasteiger charge is -2.05. The van der Waals surface area contributed by atoms with Crippen molar-refractivity contribution in [3.05, 3.63) is 47.6 Å². The Labute approximate surface area is 117 Å². The molecule has 2 rings (SSSR count). The zero-order chi connectivity index (χ0) is 13.5. The second kappa shape index (κ2) is 7.31. The lowest BCUT2D eigenvalue weighted by Crippen LogP contribution is -2.13. The van der Waals surface area contributed by atoms with Gasteiger partial charge in [0.1, 0.15) is 0 Å². The number of hydrogen-bond acceptors (Lipinski definition) is 5. The Kier molecular flexibility index (Phi) is 5.42. The third kappa shape index (κ3) is 4.36. The minimum atomic E-state index is -0.236.